The van der Waals surface area contributed by atoms with E-state index < -0.39 is 35.0 Å². The van der Waals surface area contributed by atoms with Gasteiger partial charge in [-0.3, -0.25) is 28.8 Å². The van der Waals surface area contributed by atoms with Crippen molar-refractivity contribution in [3.05, 3.63) is 104 Å². The number of phenols is 1. The fourth-order valence-electron chi connectivity index (χ4n) is 9.53. The lowest BCUT2D eigenvalue weighted by atomic mass is 9.51. The number of phenolic OH excluding ortho intramolecular Hbond substituents is 1. The van der Waals surface area contributed by atoms with Crippen LogP contribution in [0, 0.1) is 46.5 Å². The van der Waals surface area contributed by atoms with Crippen LogP contribution < -0.4 is 9.80 Å². The highest BCUT2D eigenvalue weighted by molar-refractivity contribution is 14.1. The van der Waals surface area contributed by atoms with Gasteiger partial charge in [0.2, 0.25) is 23.6 Å². The van der Waals surface area contributed by atoms with Crippen molar-refractivity contribution >= 4 is 90.7 Å². The van der Waals surface area contributed by atoms with E-state index in [-0.39, 0.29) is 35.8 Å². The SMILES string of the molecule is Cc1cc(C2C3=CCC4C(=O)N(c5ccc(I)cc5)C(=O)C4C3CC3C(=O)N(c4cc(-c5sc6ccc(Cl)cc6c5C)nn4C)C(=O)C32C)ccc1O. The molecule has 1 saturated carbocycles. The number of aromatic hydroxyl groups is 1. The van der Waals surface area contributed by atoms with E-state index in [1.807, 2.05) is 62.4 Å². The van der Waals surface area contributed by atoms with Gasteiger partial charge in [-0.2, -0.15) is 5.10 Å². The quantitative estimate of drug-likeness (QED) is 0.111. The molecule has 0 bridgehead atoms. The Kier molecular flexibility index (Phi) is 7.86. The third kappa shape index (κ3) is 4.88. The molecule has 0 spiro atoms. The number of allylic oxidation sites excluding steroid dienone is 2. The summed E-state index contributed by atoms with van der Waals surface area (Å²) < 4.78 is 3.63. The molecule has 53 heavy (non-hydrogen) atoms. The minimum Gasteiger partial charge on any atom is -0.508 e. The number of halogens is 2. The molecule has 4 heterocycles. The Morgan fingerprint density at radius 2 is 1.68 bits per heavy atom. The molecule has 2 aliphatic heterocycles. The number of thiophene rings is 1. The molecule has 3 fully saturated rings. The summed E-state index contributed by atoms with van der Waals surface area (Å²) in [6.45, 7) is 5.68. The maximum atomic E-state index is 15.1. The number of rotatable bonds is 4. The van der Waals surface area contributed by atoms with Gasteiger partial charge in [-0.25, -0.2) is 4.90 Å². The first-order valence-corrected chi connectivity index (χ1v) is 19.8. The fraction of sp³-hybridized carbons (Fsp3) is 0.293. The van der Waals surface area contributed by atoms with Crippen LogP contribution in [-0.2, 0) is 26.2 Å². The number of aryl methyl sites for hydroxylation is 3. The van der Waals surface area contributed by atoms with Gasteiger partial charge in [0.25, 0.3) is 0 Å². The number of hydrogen-bond donors (Lipinski definition) is 1. The molecule has 1 N–H and O–H groups in total. The smallest absolute Gasteiger partial charge is 0.242 e. The van der Waals surface area contributed by atoms with Crippen LogP contribution in [0.2, 0.25) is 5.02 Å². The summed E-state index contributed by atoms with van der Waals surface area (Å²) in [4.78, 5) is 61.8. The van der Waals surface area contributed by atoms with Crippen LogP contribution in [0.1, 0.15) is 42.4 Å². The molecule has 6 atom stereocenters. The second-order valence-electron chi connectivity index (χ2n) is 14.9. The molecule has 4 amide bonds. The summed E-state index contributed by atoms with van der Waals surface area (Å²) in [6.07, 6.45) is 2.65. The highest BCUT2D eigenvalue weighted by Crippen LogP contribution is 2.64. The van der Waals surface area contributed by atoms with Crippen molar-refractivity contribution < 1.29 is 24.3 Å². The lowest BCUT2D eigenvalue weighted by Gasteiger charge is -2.49. The number of anilines is 2. The molecule has 268 valence electrons. The average Bonchev–Trinajstić information content (AvgIpc) is 3.80. The molecule has 4 aliphatic rings. The molecule has 5 aromatic rings. The van der Waals surface area contributed by atoms with E-state index in [9.17, 15) is 19.5 Å². The van der Waals surface area contributed by atoms with Crippen molar-refractivity contribution in [3.63, 3.8) is 0 Å². The zero-order valence-corrected chi connectivity index (χ0v) is 33.0. The number of carbonyl (C=O) groups is 4. The number of hydrogen-bond acceptors (Lipinski definition) is 7. The summed E-state index contributed by atoms with van der Waals surface area (Å²) in [5.41, 5.74) is 3.29. The molecule has 3 aromatic carbocycles. The van der Waals surface area contributed by atoms with Gasteiger partial charge in [0, 0.05) is 32.3 Å². The monoisotopic (exact) mass is 856 g/mol. The van der Waals surface area contributed by atoms with Crippen LogP contribution in [0.5, 0.6) is 5.75 Å². The molecule has 6 unspecified atom stereocenters. The Hall–Kier alpha value is -4.33. The maximum absolute atomic E-state index is 15.1. The Bertz CT molecular complexity index is 2490. The van der Waals surface area contributed by atoms with E-state index in [4.69, 9.17) is 16.7 Å². The molecule has 2 aromatic heterocycles. The Morgan fingerprint density at radius 1 is 0.925 bits per heavy atom. The third-order valence-corrected chi connectivity index (χ3v) is 14.4. The molecule has 9 rings (SSSR count). The molecule has 2 aliphatic carbocycles. The summed E-state index contributed by atoms with van der Waals surface area (Å²) >= 11 is 10.1. The minimum atomic E-state index is -1.22. The van der Waals surface area contributed by atoms with Crippen molar-refractivity contribution in [1.29, 1.82) is 0 Å². The Morgan fingerprint density at radius 3 is 2.42 bits per heavy atom. The normalized spacial score (nSPS) is 26.7. The van der Waals surface area contributed by atoms with Gasteiger partial charge in [0.1, 0.15) is 17.3 Å². The molecule has 0 radical (unpaired) electrons. The summed E-state index contributed by atoms with van der Waals surface area (Å²) in [5, 5.41) is 17.0. The predicted octanol–water partition coefficient (Wildman–Crippen LogP) is 8.32. The van der Waals surface area contributed by atoms with E-state index in [2.05, 4.69) is 22.6 Å². The third-order valence-electron chi connectivity index (χ3n) is 12.1. The van der Waals surface area contributed by atoms with Crippen LogP contribution in [0.3, 0.4) is 0 Å². The van der Waals surface area contributed by atoms with Crippen LogP contribution in [0.4, 0.5) is 11.5 Å². The zero-order chi connectivity index (χ0) is 37.2. The first kappa shape index (κ1) is 34.4. The minimum absolute atomic E-state index is 0.127. The lowest BCUT2D eigenvalue weighted by molar-refractivity contribution is -0.131. The van der Waals surface area contributed by atoms with E-state index in [0.717, 1.165) is 35.2 Å². The summed E-state index contributed by atoms with van der Waals surface area (Å²) in [7, 11) is 1.74. The number of nitrogens with zero attached hydrogens (tertiary/aromatic N) is 4. The van der Waals surface area contributed by atoms with E-state index >= 15 is 4.79 Å². The lowest BCUT2D eigenvalue weighted by Crippen LogP contribution is -2.49. The fourth-order valence-corrected chi connectivity index (χ4v) is 11.2. The highest BCUT2D eigenvalue weighted by Gasteiger charge is 2.68. The van der Waals surface area contributed by atoms with Crippen molar-refractivity contribution in [1.82, 2.24) is 9.78 Å². The Balaban J connectivity index is 1.15. The topological polar surface area (TPSA) is 113 Å². The van der Waals surface area contributed by atoms with Crippen molar-refractivity contribution in [2.75, 3.05) is 9.80 Å². The van der Waals surface area contributed by atoms with E-state index in [1.54, 1.807) is 54.3 Å². The van der Waals surface area contributed by atoms with Gasteiger partial charge in [-0.15, -0.1) is 11.3 Å². The highest BCUT2D eigenvalue weighted by atomic mass is 127. The molecule has 12 heteroatoms. The molecular weight excluding hydrogens is 823 g/mol. The maximum Gasteiger partial charge on any atom is 0.242 e. The molecule has 2 saturated heterocycles. The van der Waals surface area contributed by atoms with Gasteiger partial charge in [0.05, 0.1) is 33.7 Å². The van der Waals surface area contributed by atoms with Crippen molar-refractivity contribution in [2.45, 2.75) is 39.5 Å². The van der Waals surface area contributed by atoms with Gasteiger partial charge in [0.15, 0.2) is 0 Å². The van der Waals surface area contributed by atoms with Gasteiger partial charge in [-0.1, -0.05) is 35.4 Å². The number of benzene rings is 3. The number of fused-ring (bicyclic) bond motifs is 5. The number of imide groups is 2. The number of amides is 4. The second-order valence-corrected chi connectivity index (χ2v) is 17.6. The van der Waals surface area contributed by atoms with Crippen LogP contribution >= 0.6 is 45.5 Å². The average molecular weight is 857 g/mol. The molecule has 9 nitrogen and oxygen atoms in total. The van der Waals surface area contributed by atoms with Crippen molar-refractivity contribution in [2.24, 2.45) is 36.1 Å². The van der Waals surface area contributed by atoms with Crippen LogP contribution in [0.15, 0.2) is 78.4 Å². The second kappa shape index (κ2) is 12.1. The standard InChI is InChI=1S/C41H34ClIN4O5S/c1-19-15-21(5-13-31(19)48)35-25-11-12-26-34(39(51)46(37(26)49)24-9-7-23(43)8-10-24)28(25)17-29-38(50)47(40(52)41(29,35)3)33-18-30(44-45(33)4)36-20(2)27-16-22(42)6-14-32(27)53-36/h5-11,13-16,18,26,28-29,34-35,48H,12,17H2,1-4H3. The summed E-state index contributed by atoms with van der Waals surface area (Å²) in [5.74, 6) is -3.74. The number of carbonyl (C=O) groups excluding carboxylic acids is 4. The van der Waals surface area contributed by atoms with Gasteiger partial charge >= 0.3 is 0 Å². The predicted molar refractivity (Wildman–Crippen MR) is 213 cm³/mol. The zero-order valence-electron chi connectivity index (χ0n) is 29.3. The molecular formula is C41H34ClIN4O5S. The first-order valence-electron chi connectivity index (χ1n) is 17.5. The van der Waals surface area contributed by atoms with Crippen LogP contribution in [-0.4, -0.2) is 38.5 Å². The Labute approximate surface area is 328 Å². The first-order chi connectivity index (χ1) is 25.3. The van der Waals surface area contributed by atoms with E-state index in [0.29, 0.717) is 34.2 Å². The number of aromatic nitrogens is 2. The summed E-state index contributed by atoms with van der Waals surface area (Å²) in [6, 6.07) is 20.2. The largest absolute Gasteiger partial charge is 0.508 e. The van der Waals surface area contributed by atoms with Crippen molar-refractivity contribution in [3.8, 4) is 16.3 Å². The van der Waals surface area contributed by atoms with E-state index in [1.165, 1.54) is 9.80 Å². The van der Waals surface area contributed by atoms with Gasteiger partial charge < -0.3 is 5.11 Å². The van der Waals surface area contributed by atoms with Crippen LogP contribution in [0.25, 0.3) is 20.7 Å². The van der Waals surface area contributed by atoms with Gasteiger partial charge in [-0.05, 0) is 133 Å².